The molecule has 126 valence electrons. The molecule has 0 aliphatic heterocycles. The number of amides is 1. The molecule has 0 spiro atoms. The van der Waals surface area contributed by atoms with Crippen LogP contribution in [0.3, 0.4) is 0 Å². The molecule has 0 radical (unpaired) electrons. The van der Waals surface area contributed by atoms with Crippen molar-refractivity contribution in [3.8, 4) is 11.1 Å². The topological polar surface area (TPSA) is 41.1 Å². The second kappa shape index (κ2) is 7.57. The van der Waals surface area contributed by atoms with Crippen LogP contribution in [0.25, 0.3) is 11.1 Å². The van der Waals surface area contributed by atoms with Crippen LogP contribution in [0.15, 0.2) is 72.8 Å². The standard InChI is InChI=1S/C20H16F2N2O/c21-16-10-17(22)12-19(11-16)23-13-20(25)24-18-8-6-15(7-9-18)14-4-2-1-3-5-14/h1-12,23H,13H2,(H,24,25). The van der Waals surface area contributed by atoms with Gasteiger partial charge in [-0.1, -0.05) is 42.5 Å². The number of benzene rings is 3. The number of anilines is 2. The van der Waals surface area contributed by atoms with Crippen LogP contribution < -0.4 is 10.6 Å². The first-order chi connectivity index (χ1) is 12.1. The lowest BCUT2D eigenvalue weighted by atomic mass is 10.1. The minimum atomic E-state index is -0.695. The first-order valence-electron chi connectivity index (χ1n) is 7.75. The van der Waals surface area contributed by atoms with Gasteiger partial charge in [0.1, 0.15) is 11.6 Å². The van der Waals surface area contributed by atoms with Crippen molar-refractivity contribution in [3.05, 3.63) is 84.4 Å². The summed E-state index contributed by atoms with van der Waals surface area (Å²) in [7, 11) is 0. The molecule has 3 aromatic rings. The molecule has 3 aromatic carbocycles. The lowest BCUT2D eigenvalue weighted by molar-refractivity contribution is -0.114. The Labute approximate surface area is 144 Å². The van der Waals surface area contributed by atoms with E-state index in [1.165, 1.54) is 0 Å². The zero-order chi connectivity index (χ0) is 17.6. The van der Waals surface area contributed by atoms with Crippen molar-refractivity contribution < 1.29 is 13.6 Å². The molecule has 0 heterocycles. The maximum atomic E-state index is 13.1. The van der Waals surface area contributed by atoms with E-state index >= 15 is 0 Å². The van der Waals surface area contributed by atoms with Crippen molar-refractivity contribution in [1.82, 2.24) is 0 Å². The molecule has 2 N–H and O–H groups in total. The predicted octanol–water partition coefficient (Wildman–Crippen LogP) is 4.68. The van der Waals surface area contributed by atoms with Gasteiger partial charge in [-0.05, 0) is 35.4 Å². The number of nitrogens with one attached hydrogen (secondary N) is 2. The van der Waals surface area contributed by atoms with E-state index in [9.17, 15) is 13.6 Å². The van der Waals surface area contributed by atoms with E-state index in [2.05, 4.69) is 10.6 Å². The number of carbonyl (C=O) groups is 1. The van der Waals surface area contributed by atoms with Crippen molar-refractivity contribution in [2.75, 3.05) is 17.2 Å². The van der Waals surface area contributed by atoms with Crippen molar-refractivity contribution in [1.29, 1.82) is 0 Å². The van der Waals surface area contributed by atoms with E-state index in [1.54, 1.807) is 0 Å². The van der Waals surface area contributed by atoms with Gasteiger partial charge in [-0.15, -0.1) is 0 Å². The minimum Gasteiger partial charge on any atom is -0.376 e. The van der Waals surface area contributed by atoms with Gasteiger partial charge in [0.15, 0.2) is 0 Å². The highest BCUT2D eigenvalue weighted by Gasteiger charge is 2.05. The predicted molar refractivity (Wildman–Crippen MR) is 95.4 cm³/mol. The first kappa shape index (κ1) is 16.6. The van der Waals surface area contributed by atoms with Gasteiger partial charge in [0.25, 0.3) is 0 Å². The van der Waals surface area contributed by atoms with E-state index in [4.69, 9.17) is 0 Å². The molecule has 1 amide bonds. The molecule has 25 heavy (non-hydrogen) atoms. The summed E-state index contributed by atoms with van der Waals surface area (Å²) < 4.78 is 26.2. The van der Waals surface area contributed by atoms with Gasteiger partial charge >= 0.3 is 0 Å². The fourth-order valence-electron chi connectivity index (χ4n) is 2.42. The molecule has 5 heteroatoms. The zero-order valence-corrected chi connectivity index (χ0v) is 13.3. The molecular weight excluding hydrogens is 322 g/mol. The lowest BCUT2D eigenvalue weighted by Gasteiger charge is -2.09. The van der Waals surface area contributed by atoms with Crippen LogP contribution in [0.4, 0.5) is 20.2 Å². The Hall–Kier alpha value is -3.21. The Morgan fingerprint density at radius 2 is 1.36 bits per heavy atom. The SMILES string of the molecule is O=C(CNc1cc(F)cc(F)c1)Nc1ccc(-c2ccccc2)cc1. The largest absolute Gasteiger partial charge is 0.376 e. The number of carbonyl (C=O) groups excluding carboxylic acids is 1. The molecule has 0 atom stereocenters. The summed E-state index contributed by atoms with van der Waals surface area (Å²) in [6, 6.07) is 20.4. The Kier molecular flexibility index (Phi) is 5.04. The average molecular weight is 338 g/mol. The normalized spacial score (nSPS) is 10.3. The van der Waals surface area contributed by atoms with Crippen molar-refractivity contribution in [3.63, 3.8) is 0 Å². The molecule has 0 aliphatic rings. The fraction of sp³-hybridized carbons (Fsp3) is 0.0500. The number of hydrogen-bond donors (Lipinski definition) is 2. The molecular formula is C20H16F2N2O. The highest BCUT2D eigenvalue weighted by molar-refractivity contribution is 5.94. The Morgan fingerprint density at radius 3 is 2.00 bits per heavy atom. The summed E-state index contributed by atoms with van der Waals surface area (Å²) in [4.78, 5) is 11.9. The Bertz CT molecular complexity index is 844. The van der Waals surface area contributed by atoms with Gasteiger partial charge in [-0.25, -0.2) is 8.78 Å². The minimum absolute atomic E-state index is 0.0939. The van der Waals surface area contributed by atoms with Crippen molar-refractivity contribution in [2.45, 2.75) is 0 Å². The van der Waals surface area contributed by atoms with E-state index in [0.29, 0.717) is 5.69 Å². The van der Waals surface area contributed by atoms with E-state index in [-0.39, 0.29) is 18.1 Å². The number of hydrogen-bond acceptors (Lipinski definition) is 2. The van der Waals surface area contributed by atoms with Gasteiger partial charge < -0.3 is 10.6 Å². The van der Waals surface area contributed by atoms with Crippen molar-refractivity contribution >= 4 is 17.3 Å². The van der Waals surface area contributed by atoms with Gasteiger partial charge in [0.2, 0.25) is 5.91 Å². The van der Waals surface area contributed by atoms with Crippen LogP contribution >= 0.6 is 0 Å². The molecule has 0 fully saturated rings. The summed E-state index contributed by atoms with van der Waals surface area (Å²) in [6.45, 7) is -0.0939. The van der Waals surface area contributed by atoms with Gasteiger partial charge in [0, 0.05) is 17.4 Å². The second-order valence-corrected chi connectivity index (χ2v) is 5.50. The smallest absolute Gasteiger partial charge is 0.243 e. The first-order valence-corrected chi connectivity index (χ1v) is 7.75. The molecule has 0 saturated heterocycles. The van der Waals surface area contributed by atoms with Gasteiger partial charge in [0.05, 0.1) is 6.54 Å². The molecule has 3 nitrogen and oxygen atoms in total. The van der Waals surface area contributed by atoms with E-state index in [1.807, 2.05) is 54.6 Å². The highest BCUT2D eigenvalue weighted by atomic mass is 19.1. The third-order valence-electron chi connectivity index (χ3n) is 3.59. The Balaban J connectivity index is 1.57. The molecule has 0 bridgehead atoms. The third kappa shape index (κ3) is 4.64. The van der Waals surface area contributed by atoms with Gasteiger partial charge in [-0.3, -0.25) is 4.79 Å². The highest BCUT2D eigenvalue weighted by Crippen LogP contribution is 2.21. The monoisotopic (exact) mass is 338 g/mol. The van der Waals surface area contributed by atoms with Crippen LogP contribution in [-0.2, 0) is 4.79 Å². The van der Waals surface area contributed by atoms with E-state index < -0.39 is 11.6 Å². The molecule has 3 rings (SSSR count). The van der Waals surface area contributed by atoms with Crippen molar-refractivity contribution in [2.24, 2.45) is 0 Å². The average Bonchev–Trinajstić information content (AvgIpc) is 2.61. The zero-order valence-electron chi connectivity index (χ0n) is 13.3. The number of halogens is 2. The summed E-state index contributed by atoms with van der Waals surface area (Å²) in [5, 5.41) is 5.42. The second-order valence-electron chi connectivity index (χ2n) is 5.50. The molecule has 0 aliphatic carbocycles. The summed E-state index contributed by atoms with van der Waals surface area (Å²) in [6.07, 6.45) is 0. The summed E-state index contributed by atoms with van der Waals surface area (Å²) in [5.74, 6) is -1.70. The summed E-state index contributed by atoms with van der Waals surface area (Å²) >= 11 is 0. The molecule has 0 saturated carbocycles. The van der Waals surface area contributed by atoms with Crippen LogP contribution in [0.1, 0.15) is 0 Å². The summed E-state index contributed by atoms with van der Waals surface area (Å²) in [5.41, 5.74) is 3.01. The van der Waals surface area contributed by atoms with Crippen LogP contribution in [0, 0.1) is 11.6 Å². The third-order valence-corrected chi connectivity index (χ3v) is 3.59. The van der Waals surface area contributed by atoms with Gasteiger partial charge in [-0.2, -0.15) is 0 Å². The van der Waals surface area contributed by atoms with Crippen LogP contribution in [0.2, 0.25) is 0 Å². The van der Waals surface area contributed by atoms with Crippen LogP contribution in [0.5, 0.6) is 0 Å². The fourth-order valence-corrected chi connectivity index (χ4v) is 2.42. The molecule has 0 aromatic heterocycles. The maximum absolute atomic E-state index is 13.1. The Morgan fingerprint density at radius 1 is 0.760 bits per heavy atom. The van der Waals surface area contributed by atoms with E-state index in [0.717, 1.165) is 29.3 Å². The molecule has 0 unspecified atom stereocenters. The maximum Gasteiger partial charge on any atom is 0.243 e. The quantitative estimate of drug-likeness (QED) is 0.709. The number of rotatable bonds is 5. The van der Waals surface area contributed by atoms with Crippen LogP contribution in [-0.4, -0.2) is 12.5 Å². The lowest BCUT2D eigenvalue weighted by Crippen LogP contribution is -2.21.